The third-order valence-corrected chi connectivity index (χ3v) is 5.12. The maximum atomic E-state index is 11.4. The molecule has 2 aromatic carbocycles. The third kappa shape index (κ3) is 1.89. The van der Waals surface area contributed by atoms with Gasteiger partial charge in [-0.1, -0.05) is 55.5 Å². The van der Waals surface area contributed by atoms with Crippen molar-refractivity contribution in [1.82, 2.24) is 4.90 Å². The van der Waals surface area contributed by atoms with Gasteiger partial charge in [0, 0.05) is 13.1 Å². The van der Waals surface area contributed by atoms with Crippen LogP contribution in [0, 0.1) is 11.8 Å². The maximum absolute atomic E-state index is 11.4. The SMILES string of the molecule is C[C@@H]1CN(C2c3ccccc3-c3ccccc32)C[C@H]1C(=O)O. The summed E-state index contributed by atoms with van der Waals surface area (Å²) in [5, 5.41) is 9.41. The van der Waals surface area contributed by atoms with Crippen LogP contribution in [-0.2, 0) is 4.79 Å². The number of likely N-dealkylation sites (tertiary alicyclic amines) is 1. The van der Waals surface area contributed by atoms with E-state index in [9.17, 15) is 9.90 Å². The fourth-order valence-corrected chi connectivity index (χ4v) is 4.06. The first-order valence-corrected chi connectivity index (χ1v) is 7.82. The number of aliphatic carboxylic acids is 1. The van der Waals surface area contributed by atoms with Crippen LogP contribution in [0.3, 0.4) is 0 Å². The summed E-state index contributed by atoms with van der Waals surface area (Å²) < 4.78 is 0. The molecule has 1 aliphatic heterocycles. The van der Waals surface area contributed by atoms with Crippen molar-refractivity contribution in [3.05, 3.63) is 59.7 Å². The standard InChI is InChI=1S/C19H19NO2/c1-12-10-20(11-17(12)19(21)22)18-15-8-4-2-6-13(15)14-7-3-5-9-16(14)18/h2-9,12,17-18H,10-11H2,1H3,(H,21,22)/t12-,17-/m1/s1. The minimum atomic E-state index is -0.672. The summed E-state index contributed by atoms with van der Waals surface area (Å²) in [7, 11) is 0. The molecular formula is C19H19NO2. The highest BCUT2D eigenvalue weighted by molar-refractivity contribution is 5.78. The van der Waals surface area contributed by atoms with Gasteiger partial charge < -0.3 is 5.11 Å². The van der Waals surface area contributed by atoms with Crippen LogP contribution in [0.1, 0.15) is 24.1 Å². The summed E-state index contributed by atoms with van der Waals surface area (Å²) in [6.07, 6.45) is 0. The number of benzene rings is 2. The highest BCUT2D eigenvalue weighted by Gasteiger charge is 2.41. The molecule has 4 rings (SSSR count). The van der Waals surface area contributed by atoms with E-state index in [4.69, 9.17) is 0 Å². The Labute approximate surface area is 130 Å². The molecule has 1 aliphatic carbocycles. The van der Waals surface area contributed by atoms with Gasteiger partial charge in [0.15, 0.2) is 0 Å². The number of hydrogen-bond acceptors (Lipinski definition) is 2. The Balaban J connectivity index is 1.78. The Morgan fingerprint density at radius 3 is 2.05 bits per heavy atom. The van der Waals surface area contributed by atoms with E-state index in [1.54, 1.807) is 0 Å². The molecule has 0 spiro atoms. The Bertz CT molecular complexity index is 694. The number of nitrogens with zero attached hydrogens (tertiary/aromatic N) is 1. The van der Waals surface area contributed by atoms with Crippen molar-refractivity contribution in [1.29, 1.82) is 0 Å². The molecule has 1 fully saturated rings. The molecule has 2 aromatic rings. The van der Waals surface area contributed by atoms with Gasteiger partial charge in [-0.3, -0.25) is 9.69 Å². The predicted molar refractivity (Wildman–Crippen MR) is 85.6 cm³/mol. The molecule has 1 heterocycles. The first-order valence-electron chi connectivity index (χ1n) is 7.82. The fourth-order valence-electron chi connectivity index (χ4n) is 4.06. The molecular weight excluding hydrogens is 274 g/mol. The molecule has 0 amide bonds. The molecule has 2 aliphatic rings. The van der Waals surface area contributed by atoms with Crippen LogP contribution in [-0.4, -0.2) is 29.1 Å². The van der Waals surface area contributed by atoms with E-state index in [0.717, 1.165) is 6.54 Å². The lowest BCUT2D eigenvalue weighted by Crippen LogP contribution is -2.27. The number of hydrogen-bond donors (Lipinski definition) is 1. The lowest BCUT2D eigenvalue weighted by Gasteiger charge is -2.26. The molecule has 3 nitrogen and oxygen atoms in total. The van der Waals surface area contributed by atoms with Gasteiger partial charge >= 0.3 is 5.97 Å². The predicted octanol–water partition coefficient (Wildman–Crippen LogP) is 3.41. The summed E-state index contributed by atoms with van der Waals surface area (Å²) in [5.41, 5.74) is 5.19. The van der Waals surface area contributed by atoms with Gasteiger partial charge in [0.2, 0.25) is 0 Å². The Morgan fingerprint density at radius 2 is 1.55 bits per heavy atom. The zero-order chi connectivity index (χ0) is 15.3. The highest BCUT2D eigenvalue weighted by atomic mass is 16.4. The molecule has 0 bridgehead atoms. The zero-order valence-electron chi connectivity index (χ0n) is 12.6. The second-order valence-electron chi connectivity index (χ2n) is 6.45. The van der Waals surface area contributed by atoms with E-state index < -0.39 is 5.97 Å². The summed E-state index contributed by atoms with van der Waals surface area (Å²) in [5.74, 6) is -0.744. The normalized spacial score (nSPS) is 24.2. The van der Waals surface area contributed by atoms with Gasteiger partial charge in [-0.05, 0) is 28.2 Å². The summed E-state index contributed by atoms with van der Waals surface area (Å²) in [4.78, 5) is 13.8. The Kier molecular flexibility index (Phi) is 3.05. The van der Waals surface area contributed by atoms with Crippen molar-refractivity contribution in [2.24, 2.45) is 11.8 Å². The van der Waals surface area contributed by atoms with Crippen LogP contribution in [0.2, 0.25) is 0 Å². The molecule has 1 N–H and O–H groups in total. The Morgan fingerprint density at radius 1 is 1.00 bits per heavy atom. The van der Waals surface area contributed by atoms with Gasteiger partial charge in [-0.15, -0.1) is 0 Å². The maximum Gasteiger partial charge on any atom is 0.308 e. The third-order valence-electron chi connectivity index (χ3n) is 5.12. The van der Waals surface area contributed by atoms with Crippen LogP contribution in [0.5, 0.6) is 0 Å². The van der Waals surface area contributed by atoms with Crippen molar-refractivity contribution in [3.63, 3.8) is 0 Å². The lowest BCUT2D eigenvalue weighted by molar-refractivity contribution is -0.142. The largest absolute Gasteiger partial charge is 0.481 e. The van der Waals surface area contributed by atoms with Gasteiger partial charge in [-0.2, -0.15) is 0 Å². The lowest BCUT2D eigenvalue weighted by atomic mass is 9.99. The first-order chi connectivity index (χ1) is 10.7. The minimum absolute atomic E-state index is 0.192. The van der Waals surface area contributed by atoms with E-state index >= 15 is 0 Å². The van der Waals surface area contributed by atoms with Gasteiger partial charge in [0.05, 0.1) is 12.0 Å². The van der Waals surface area contributed by atoms with Crippen molar-refractivity contribution < 1.29 is 9.90 Å². The first kappa shape index (κ1) is 13.5. The zero-order valence-corrected chi connectivity index (χ0v) is 12.6. The fraction of sp³-hybridized carbons (Fsp3) is 0.316. The number of carbonyl (C=O) groups is 1. The number of carboxylic acid groups (broad SMARTS) is 1. The van der Waals surface area contributed by atoms with Crippen molar-refractivity contribution in [2.75, 3.05) is 13.1 Å². The monoisotopic (exact) mass is 293 g/mol. The number of carboxylic acids is 1. The average Bonchev–Trinajstić information content (AvgIpc) is 3.05. The van der Waals surface area contributed by atoms with Crippen molar-refractivity contribution in [2.45, 2.75) is 13.0 Å². The Hall–Kier alpha value is -2.13. The summed E-state index contributed by atoms with van der Waals surface area (Å²) in [6.45, 7) is 3.51. The molecule has 2 atom stereocenters. The topological polar surface area (TPSA) is 40.5 Å². The second kappa shape index (κ2) is 4.96. The van der Waals surface area contributed by atoms with Crippen molar-refractivity contribution >= 4 is 5.97 Å². The van der Waals surface area contributed by atoms with Crippen LogP contribution < -0.4 is 0 Å². The van der Waals surface area contributed by atoms with E-state index in [2.05, 4.69) is 53.4 Å². The van der Waals surface area contributed by atoms with E-state index in [1.165, 1.54) is 22.3 Å². The molecule has 0 radical (unpaired) electrons. The number of fused-ring (bicyclic) bond motifs is 3. The van der Waals surface area contributed by atoms with Crippen LogP contribution >= 0.6 is 0 Å². The molecule has 1 saturated heterocycles. The van der Waals surface area contributed by atoms with E-state index in [0.29, 0.717) is 6.54 Å². The van der Waals surface area contributed by atoms with Gasteiger partial charge in [0.1, 0.15) is 0 Å². The smallest absolute Gasteiger partial charge is 0.308 e. The van der Waals surface area contributed by atoms with Gasteiger partial charge in [-0.25, -0.2) is 0 Å². The molecule has 112 valence electrons. The molecule has 0 aromatic heterocycles. The van der Waals surface area contributed by atoms with Crippen LogP contribution in [0.15, 0.2) is 48.5 Å². The van der Waals surface area contributed by atoms with Crippen molar-refractivity contribution in [3.8, 4) is 11.1 Å². The van der Waals surface area contributed by atoms with E-state index in [-0.39, 0.29) is 17.9 Å². The number of rotatable bonds is 2. The molecule has 0 unspecified atom stereocenters. The van der Waals surface area contributed by atoms with Gasteiger partial charge in [0.25, 0.3) is 0 Å². The summed E-state index contributed by atoms with van der Waals surface area (Å²) in [6, 6.07) is 17.2. The quantitative estimate of drug-likeness (QED) is 0.922. The molecule has 22 heavy (non-hydrogen) atoms. The molecule has 0 saturated carbocycles. The summed E-state index contributed by atoms with van der Waals surface area (Å²) >= 11 is 0. The minimum Gasteiger partial charge on any atom is -0.481 e. The van der Waals surface area contributed by atoms with Crippen LogP contribution in [0.4, 0.5) is 0 Å². The average molecular weight is 293 g/mol. The van der Waals surface area contributed by atoms with Crippen LogP contribution in [0.25, 0.3) is 11.1 Å². The second-order valence-corrected chi connectivity index (χ2v) is 6.45. The highest BCUT2D eigenvalue weighted by Crippen LogP contribution is 2.47. The van der Waals surface area contributed by atoms with E-state index in [1.807, 2.05) is 6.92 Å². The molecule has 3 heteroatoms.